The monoisotopic (exact) mass is 635 g/mol. The average molecular weight is 636 g/mol. The van der Waals surface area contributed by atoms with Crippen molar-refractivity contribution in [1.82, 2.24) is 15.5 Å². The van der Waals surface area contributed by atoms with Gasteiger partial charge in [-0.1, -0.05) is 75.2 Å². The molecule has 1 fully saturated rings. The van der Waals surface area contributed by atoms with Crippen molar-refractivity contribution in [2.24, 2.45) is 0 Å². The number of carbonyl (C=O) groups is 2. The zero-order chi connectivity index (χ0) is 32.9. The van der Waals surface area contributed by atoms with E-state index in [1.807, 2.05) is 35.2 Å². The number of aliphatic hydroxyl groups excluding tert-OH is 1. The highest BCUT2D eigenvalue weighted by atomic mass is 19.4. The molecule has 2 amide bonds. The zero-order valence-electron chi connectivity index (χ0n) is 26.6. The molecule has 46 heavy (non-hydrogen) atoms. The molecule has 5 rings (SSSR count). The second-order valence-corrected chi connectivity index (χ2v) is 12.7. The molecule has 3 aromatic carbocycles. The van der Waals surface area contributed by atoms with Crippen LogP contribution in [0.5, 0.6) is 0 Å². The summed E-state index contributed by atoms with van der Waals surface area (Å²) < 4.78 is 40.2. The van der Waals surface area contributed by atoms with Gasteiger partial charge in [0.25, 0.3) is 11.8 Å². The molecule has 0 spiro atoms. The fourth-order valence-electron chi connectivity index (χ4n) is 6.75. The SMILES string of the molecule is CCCC(CCC)N1CCc2c(C(=O)N[C@@H](Cc3ccccc3)[C@@H](O)CNC3(c4cccc(C(F)(F)F)c4)CC3)cccc2C1=O. The lowest BCUT2D eigenvalue weighted by atomic mass is 9.91. The molecule has 0 radical (unpaired) electrons. The van der Waals surface area contributed by atoms with Crippen LogP contribution >= 0.6 is 0 Å². The second kappa shape index (κ2) is 14.4. The number of nitrogens with one attached hydrogen (secondary N) is 2. The van der Waals surface area contributed by atoms with E-state index in [2.05, 4.69) is 24.5 Å². The molecule has 1 aliphatic heterocycles. The Labute approximate surface area is 269 Å². The Bertz CT molecular complexity index is 1500. The normalized spacial score (nSPS) is 17.0. The first kappa shape index (κ1) is 33.7. The van der Waals surface area contributed by atoms with Crippen LogP contribution in [0.2, 0.25) is 0 Å². The van der Waals surface area contributed by atoms with E-state index in [4.69, 9.17) is 0 Å². The number of amides is 2. The lowest BCUT2D eigenvalue weighted by molar-refractivity contribution is -0.137. The summed E-state index contributed by atoms with van der Waals surface area (Å²) in [4.78, 5) is 29.4. The first-order valence-electron chi connectivity index (χ1n) is 16.4. The number of hydrogen-bond acceptors (Lipinski definition) is 4. The Morgan fingerprint density at radius 3 is 2.33 bits per heavy atom. The maximum atomic E-state index is 13.8. The molecule has 1 saturated carbocycles. The van der Waals surface area contributed by atoms with Crippen LogP contribution in [0.4, 0.5) is 13.2 Å². The van der Waals surface area contributed by atoms with Crippen LogP contribution in [0.15, 0.2) is 72.8 Å². The van der Waals surface area contributed by atoms with E-state index in [-0.39, 0.29) is 24.4 Å². The molecule has 0 saturated heterocycles. The van der Waals surface area contributed by atoms with Crippen LogP contribution < -0.4 is 10.6 Å². The largest absolute Gasteiger partial charge is 0.416 e. The lowest BCUT2D eigenvalue weighted by Crippen LogP contribution is -2.50. The highest BCUT2D eigenvalue weighted by molar-refractivity contribution is 6.03. The first-order valence-corrected chi connectivity index (χ1v) is 16.4. The molecule has 0 aromatic heterocycles. The summed E-state index contributed by atoms with van der Waals surface area (Å²) in [6.45, 7) is 4.88. The second-order valence-electron chi connectivity index (χ2n) is 12.7. The fourth-order valence-corrected chi connectivity index (χ4v) is 6.75. The standard InChI is InChI=1S/C37H44F3N3O3/c1-3-10-28(11-4-2)43-21-18-29-30(16-9-17-31(29)35(43)46)34(45)42-32(22-25-12-6-5-7-13-25)33(44)24-41-36(19-20-36)26-14-8-15-27(23-26)37(38,39)40/h5-9,12-17,23,28,32-33,41,44H,3-4,10-11,18-22,24H2,1-2H3,(H,42,45)/t32-,33-/m0/s1. The molecule has 2 atom stereocenters. The molecule has 2 aliphatic rings. The van der Waals surface area contributed by atoms with Crippen LogP contribution in [-0.4, -0.2) is 53.1 Å². The summed E-state index contributed by atoms with van der Waals surface area (Å²) in [5.41, 5.74) is 1.80. The first-order chi connectivity index (χ1) is 22.1. The molecule has 1 heterocycles. The highest BCUT2D eigenvalue weighted by Crippen LogP contribution is 2.46. The van der Waals surface area contributed by atoms with Gasteiger partial charge < -0.3 is 20.6 Å². The number of carbonyl (C=O) groups excluding carboxylic acids is 2. The van der Waals surface area contributed by atoms with Crippen LogP contribution in [0.25, 0.3) is 0 Å². The van der Waals surface area contributed by atoms with Gasteiger partial charge in [0.15, 0.2) is 0 Å². The minimum Gasteiger partial charge on any atom is -0.390 e. The topological polar surface area (TPSA) is 81.7 Å². The predicted molar refractivity (Wildman–Crippen MR) is 173 cm³/mol. The van der Waals surface area contributed by atoms with Crippen molar-refractivity contribution in [3.05, 3.63) is 106 Å². The number of halogens is 3. The Morgan fingerprint density at radius 2 is 1.67 bits per heavy atom. The molecule has 1 aliphatic carbocycles. The van der Waals surface area contributed by atoms with Crippen molar-refractivity contribution in [2.75, 3.05) is 13.1 Å². The van der Waals surface area contributed by atoms with E-state index in [1.54, 1.807) is 24.3 Å². The molecular formula is C37H44F3N3O3. The molecular weight excluding hydrogens is 591 g/mol. The summed E-state index contributed by atoms with van der Waals surface area (Å²) >= 11 is 0. The number of aliphatic hydroxyl groups is 1. The molecule has 0 bridgehead atoms. The van der Waals surface area contributed by atoms with Crippen LogP contribution in [-0.2, 0) is 24.6 Å². The van der Waals surface area contributed by atoms with Gasteiger partial charge in [-0.2, -0.15) is 13.2 Å². The summed E-state index contributed by atoms with van der Waals surface area (Å²) in [6, 6.07) is 19.6. The molecule has 3 aromatic rings. The molecule has 246 valence electrons. The zero-order valence-corrected chi connectivity index (χ0v) is 26.6. The van der Waals surface area contributed by atoms with Gasteiger partial charge in [0.05, 0.1) is 17.7 Å². The van der Waals surface area contributed by atoms with E-state index < -0.39 is 29.4 Å². The highest BCUT2D eigenvalue weighted by Gasteiger charge is 2.45. The van der Waals surface area contributed by atoms with E-state index in [0.717, 1.165) is 42.9 Å². The minimum atomic E-state index is -4.44. The third-order valence-corrected chi connectivity index (χ3v) is 9.42. The van der Waals surface area contributed by atoms with Crippen molar-refractivity contribution < 1.29 is 27.9 Å². The summed E-state index contributed by atoms with van der Waals surface area (Å²) in [5.74, 6) is -0.409. The molecule has 9 heteroatoms. The molecule has 6 nitrogen and oxygen atoms in total. The van der Waals surface area contributed by atoms with Gasteiger partial charge in [0, 0.05) is 35.8 Å². The van der Waals surface area contributed by atoms with E-state index in [9.17, 15) is 27.9 Å². The Morgan fingerprint density at radius 1 is 0.978 bits per heavy atom. The van der Waals surface area contributed by atoms with Gasteiger partial charge in [0.2, 0.25) is 0 Å². The van der Waals surface area contributed by atoms with E-state index >= 15 is 0 Å². The fraction of sp³-hybridized carbons (Fsp3) is 0.459. The maximum Gasteiger partial charge on any atom is 0.416 e. The summed E-state index contributed by atoms with van der Waals surface area (Å²) in [5, 5.41) is 17.8. The Hall–Kier alpha value is -3.69. The van der Waals surface area contributed by atoms with Gasteiger partial charge in [-0.3, -0.25) is 9.59 Å². The number of rotatable bonds is 14. The average Bonchev–Trinajstić information content (AvgIpc) is 3.85. The molecule has 0 unspecified atom stereocenters. The van der Waals surface area contributed by atoms with Crippen LogP contribution in [0, 0.1) is 0 Å². The van der Waals surface area contributed by atoms with Gasteiger partial charge in [-0.25, -0.2) is 0 Å². The number of alkyl halides is 3. The van der Waals surface area contributed by atoms with Crippen molar-refractivity contribution in [3.8, 4) is 0 Å². The van der Waals surface area contributed by atoms with Crippen LogP contribution in [0.3, 0.4) is 0 Å². The quantitative estimate of drug-likeness (QED) is 0.185. The smallest absolute Gasteiger partial charge is 0.390 e. The maximum absolute atomic E-state index is 13.8. The Kier molecular flexibility index (Phi) is 10.5. The van der Waals surface area contributed by atoms with Gasteiger partial charge in [-0.15, -0.1) is 0 Å². The number of benzene rings is 3. The number of nitrogens with zero attached hydrogens (tertiary/aromatic N) is 1. The van der Waals surface area contributed by atoms with Crippen molar-refractivity contribution >= 4 is 11.8 Å². The van der Waals surface area contributed by atoms with Gasteiger partial charge in [0.1, 0.15) is 0 Å². The third kappa shape index (κ3) is 7.64. The number of fused-ring (bicyclic) bond motifs is 1. The lowest BCUT2D eigenvalue weighted by Gasteiger charge is -2.36. The van der Waals surface area contributed by atoms with E-state index in [1.165, 1.54) is 12.1 Å². The molecule has 3 N–H and O–H groups in total. The van der Waals surface area contributed by atoms with Crippen LogP contribution in [0.1, 0.15) is 95.3 Å². The Balaban J connectivity index is 1.33. The number of hydrogen-bond donors (Lipinski definition) is 3. The minimum absolute atomic E-state index is 0.0443. The summed E-state index contributed by atoms with van der Waals surface area (Å²) in [6.07, 6.45) is 0.607. The van der Waals surface area contributed by atoms with Gasteiger partial charge >= 0.3 is 6.18 Å². The van der Waals surface area contributed by atoms with Gasteiger partial charge in [-0.05, 0) is 79.5 Å². The third-order valence-electron chi connectivity index (χ3n) is 9.42. The van der Waals surface area contributed by atoms with Crippen molar-refractivity contribution in [1.29, 1.82) is 0 Å². The van der Waals surface area contributed by atoms with Crippen molar-refractivity contribution in [3.63, 3.8) is 0 Å². The van der Waals surface area contributed by atoms with Crippen molar-refractivity contribution in [2.45, 2.75) is 95.1 Å². The predicted octanol–water partition coefficient (Wildman–Crippen LogP) is 6.65. The summed E-state index contributed by atoms with van der Waals surface area (Å²) in [7, 11) is 0. The van der Waals surface area contributed by atoms with E-state index in [0.29, 0.717) is 48.9 Å².